The zero-order valence-corrected chi connectivity index (χ0v) is 12.5. The maximum atomic E-state index is 12.1. The first-order valence-electron chi connectivity index (χ1n) is 6.38. The van der Waals surface area contributed by atoms with Gasteiger partial charge in [-0.15, -0.1) is 0 Å². The van der Waals surface area contributed by atoms with Crippen molar-refractivity contribution in [3.63, 3.8) is 0 Å². The Balaban J connectivity index is 2.78. The summed E-state index contributed by atoms with van der Waals surface area (Å²) in [6.07, 6.45) is 0.386. The molecule has 20 heavy (non-hydrogen) atoms. The Morgan fingerprint density at radius 2 is 1.85 bits per heavy atom. The van der Waals surface area contributed by atoms with Gasteiger partial charge in [-0.25, -0.2) is 19.0 Å². The lowest BCUT2D eigenvalue weighted by molar-refractivity contribution is -0.123. The smallest absolute Gasteiger partial charge is 0.252 e. The van der Waals surface area contributed by atoms with Gasteiger partial charge in [0.25, 0.3) is 5.91 Å². The molecule has 1 atom stereocenters. The molecule has 0 aromatic heterocycles. The molecule has 0 radical (unpaired) electrons. The van der Waals surface area contributed by atoms with Crippen LogP contribution >= 0.6 is 0 Å². The van der Waals surface area contributed by atoms with Crippen molar-refractivity contribution in [3.8, 4) is 0 Å². The molecule has 1 amide bonds. The highest BCUT2D eigenvalue weighted by molar-refractivity contribution is 7.88. The van der Waals surface area contributed by atoms with Crippen LogP contribution in [-0.4, -0.2) is 20.4 Å². The molecule has 0 unspecified atom stereocenters. The lowest BCUT2D eigenvalue weighted by Gasteiger charge is -2.18. The summed E-state index contributed by atoms with van der Waals surface area (Å²) in [6.45, 7) is 3.81. The lowest BCUT2D eigenvalue weighted by atomic mass is 10.0. The van der Waals surface area contributed by atoms with E-state index in [0.717, 1.165) is 0 Å². The Morgan fingerprint density at radius 3 is 2.35 bits per heavy atom. The zero-order valence-electron chi connectivity index (χ0n) is 11.7. The van der Waals surface area contributed by atoms with E-state index in [2.05, 4.69) is 4.72 Å². The highest BCUT2D eigenvalue weighted by Crippen LogP contribution is 2.09. The molecule has 0 fully saturated rings. The quantitative estimate of drug-likeness (QED) is 0.388. The molecule has 0 aliphatic rings. The summed E-state index contributed by atoms with van der Waals surface area (Å²) in [5.41, 5.74) is 2.65. The van der Waals surface area contributed by atoms with Crippen LogP contribution in [0.2, 0.25) is 0 Å². The average molecular weight is 299 g/mol. The molecule has 4 N–H and O–H groups in total. The zero-order chi connectivity index (χ0) is 15.2. The SMILES string of the molecule is CC(C)C[C@H](NS(=O)(=O)Cc1ccccc1)C(=O)NN. The minimum Gasteiger partial charge on any atom is -0.293 e. The third-order valence-corrected chi connectivity index (χ3v) is 4.04. The maximum Gasteiger partial charge on any atom is 0.252 e. The highest BCUT2D eigenvalue weighted by atomic mass is 32.2. The molecule has 6 nitrogen and oxygen atoms in total. The predicted octanol–water partition coefficient (Wildman–Crippen LogP) is 0.511. The van der Waals surface area contributed by atoms with E-state index in [1.54, 1.807) is 24.3 Å². The van der Waals surface area contributed by atoms with Gasteiger partial charge in [0.1, 0.15) is 6.04 Å². The lowest BCUT2D eigenvalue weighted by Crippen LogP contribution is -2.49. The number of hydrogen-bond acceptors (Lipinski definition) is 4. The summed E-state index contributed by atoms with van der Waals surface area (Å²) in [4.78, 5) is 11.6. The van der Waals surface area contributed by atoms with Crippen LogP contribution in [0.3, 0.4) is 0 Å². The van der Waals surface area contributed by atoms with Crippen LogP contribution < -0.4 is 16.0 Å². The highest BCUT2D eigenvalue weighted by Gasteiger charge is 2.24. The molecule has 0 spiro atoms. The molecule has 1 rings (SSSR count). The van der Waals surface area contributed by atoms with E-state index in [1.807, 2.05) is 25.3 Å². The third-order valence-electron chi connectivity index (χ3n) is 2.69. The van der Waals surface area contributed by atoms with Crippen LogP contribution in [0.15, 0.2) is 30.3 Å². The Hall–Kier alpha value is -1.44. The standard InChI is InChI=1S/C13H21N3O3S/c1-10(2)8-12(13(17)15-14)16-20(18,19)9-11-6-4-3-5-7-11/h3-7,10,12,16H,8-9,14H2,1-2H3,(H,15,17)/t12-/m0/s1. The fourth-order valence-electron chi connectivity index (χ4n) is 1.83. The van der Waals surface area contributed by atoms with E-state index in [0.29, 0.717) is 12.0 Å². The summed E-state index contributed by atoms with van der Waals surface area (Å²) in [5, 5.41) is 0. The van der Waals surface area contributed by atoms with Gasteiger partial charge in [-0.3, -0.25) is 10.2 Å². The second-order valence-corrected chi connectivity index (χ2v) is 6.81. The Kier molecular flexibility index (Phi) is 6.12. The van der Waals surface area contributed by atoms with Crippen LogP contribution in [0.5, 0.6) is 0 Å². The summed E-state index contributed by atoms with van der Waals surface area (Å²) >= 11 is 0. The number of hydrazine groups is 1. The number of nitrogens with one attached hydrogen (secondary N) is 2. The van der Waals surface area contributed by atoms with E-state index >= 15 is 0 Å². The molecule has 0 aliphatic carbocycles. The van der Waals surface area contributed by atoms with Gasteiger partial charge in [0, 0.05) is 0 Å². The van der Waals surface area contributed by atoms with Crippen molar-refractivity contribution in [2.75, 3.05) is 0 Å². The van der Waals surface area contributed by atoms with E-state index in [4.69, 9.17) is 5.84 Å². The van der Waals surface area contributed by atoms with Crippen molar-refractivity contribution in [2.45, 2.75) is 32.1 Å². The van der Waals surface area contributed by atoms with Crippen molar-refractivity contribution in [1.82, 2.24) is 10.1 Å². The molecule has 0 aliphatic heterocycles. The fraction of sp³-hybridized carbons (Fsp3) is 0.462. The Morgan fingerprint density at radius 1 is 1.25 bits per heavy atom. The van der Waals surface area contributed by atoms with Gasteiger partial charge in [0.2, 0.25) is 10.0 Å². The van der Waals surface area contributed by atoms with Gasteiger partial charge in [0.15, 0.2) is 0 Å². The molecular weight excluding hydrogens is 278 g/mol. The first-order valence-corrected chi connectivity index (χ1v) is 8.03. The maximum absolute atomic E-state index is 12.1. The predicted molar refractivity (Wildman–Crippen MR) is 77.8 cm³/mol. The number of carbonyl (C=O) groups is 1. The summed E-state index contributed by atoms with van der Waals surface area (Å²) < 4.78 is 26.6. The van der Waals surface area contributed by atoms with Crippen molar-refractivity contribution in [2.24, 2.45) is 11.8 Å². The molecular formula is C13H21N3O3S. The van der Waals surface area contributed by atoms with Crippen LogP contribution in [0, 0.1) is 5.92 Å². The molecule has 1 aromatic rings. The summed E-state index contributed by atoms with van der Waals surface area (Å²) in [5.74, 6) is 4.55. The minimum atomic E-state index is -3.60. The number of sulfonamides is 1. The van der Waals surface area contributed by atoms with E-state index < -0.39 is 22.0 Å². The second kappa shape index (κ2) is 7.37. The number of amides is 1. The van der Waals surface area contributed by atoms with E-state index in [9.17, 15) is 13.2 Å². The summed E-state index contributed by atoms with van der Waals surface area (Å²) in [6, 6.07) is 7.94. The normalized spacial score (nSPS) is 13.2. The number of benzene rings is 1. The number of hydrogen-bond donors (Lipinski definition) is 3. The molecule has 7 heteroatoms. The van der Waals surface area contributed by atoms with E-state index in [1.165, 1.54) is 0 Å². The van der Waals surface area contributed by atoms with Crippen molar-refractivity contribution >= 4 is 15.9 Å². The monoisotopic (exact) mass is 299 g/mol. The molecule has 0 bridgehead atoms. The Labute approximate surface area is 119 Å². The third kappa shape index (κ3) is 5.68. The second-order valence-electron chi connectivity index (χ2n) is 5.05. The molecule has 1 aromatic carbocycles. The van der Waals surface area contributed by atoms with Crippen LogP contribution in [0.4, 0.5) is 0 Å². The molecule has 0 saturated heterocycles. The minimum absolute atomic E-state index is 0.164. The largest absolute Gasteiger partial charge is 0.293 e. The average Bonchev–Trinajstić information content (AvgIpc) is 2.36. The van der Waals surface area contributed by atoms with Crippen molar-refractivity contribution in [3.05, 3.63) is 35.9 Å². The number of nitrogens with two attached hydrogens (primary N) is 1. The first kappa shape index (κ1) is 16.6. The van der Waals surface area contributed by atoms with Crippen LogP contribution in [0.1, 0.15) is 25.8 Å². The van der Waals surface area contributed by atoms with Crippen molar-refractivity contribution < 1.29 is 13.2 Å². The van der Waals surface area contributed by atoms with Gasteiger partial charge in [0.05, 0.1) is 5.75 Å². The topological polar surface area (TPSA) is 101 Å². The van der Waals surface area contributed by atoms with Gasteiger partial charge in [-0.1, -0.05) is 44.2 Å². The first-order chi connectivity index (χ1) is 9.34. The van der Waals surface area contributed by atoms with Gasteiger partial charge in [-0.05, 0) is 17.9 Å². The van der Waals surface area contributed by atoms with Gasteiger partial charge in [-0.2, -0.15) is 0 Å². The molecule has 112 valence electrons. The van der Waals surface area contributed by atoms with Gasteiger partial charge < -0.3 is 0 Å². The fourth-order valence-corrected chi connectivity index (χ4v) is 3.18. The van der Waals surface area contributed by atoms with Crippen LogP contribution in [0.25, 0.3) is 0 Å². The number of carbonyl (C=O) groups excluding carboxylic acids is 1. The van der Waals surface area contributed by atoms with Crippen molar-refractivity contribution in [1.29, 1.82) is 0 Å². The van der Waals surface area contributed by atoms with E-state index in [-0.39, 0.29) is 11.7 Å². The Bertz CT molecular complexity index is 529. The van der Waals surface area contributed by atoms with Crippen LogP contribution in [-0.2, 0) is 20.6 Å². The number of rotatable bonds is 7. The van der Waals surface area contributed by atoms with Gasteiger partial charge >= 0.3 is 0 Å². The summed E-state index contributed by atoms with van der Waals surface area (Å²) in [7, 11) is -3.60. The molecule has 0 heterocycles. The molecule has 0 saturated carbocycles.